The van der Waals surface area contributed by atoms with E-state index in [1.54, 1.807) is 29.3 Å². The maximum atomic E-state index is 14.3. The molecule has 3 N–H and O–H groups in total. The van der Waals surface area contributed by atoms with Crippen molar-refractivity contribution in [1.29, 1.82) is 0 Å². The SMILES string of the molecule is CC(C)C1Oc2ccc(cc2)/C=C/NC(=O)C(Cc2ccccc2)NC(=O)C1NC(=O)C1CCCN1C(=O)C(Cc1ccccc1)N(C)C. The molecule has 0 spiro atoms. The molecule has 10 nitrogen and oxygen atoms in total. The van der Waals surface area contributed by atoms with Crippen LogP contribution in [0.2, 0.25) is 0 Å². The molecule has 1 saturated heterocycles. The number of likely N-dealkylation sites (N-methyl/N-ethyl adjacent to an activating group) is 1. The monoisotopic (exact) mass is 665 g/mol. The summed E-state index contributed by atoms with van der Waals surface area (Å²) in [4.78, 5) is 59.5. The second-order valence-corrected chi connectivity index (χ2v) is 13.3. The van der Waals surface area contributed by atoms with Gasteiger partial charge in [-0.1, -0.05) is 86.6 Å². The van der Waals surface area contributed by atoms with E-state index in [1.165, 1.54) is 0 Å². The molecule has 10 heteroatoms. The minimum absolute atomic E-state index is 0.133. The number of hydrogen-bond donors (Lipinski definition) is 3. The second kappa shape index (κ2) is 16.4. The van der Waals surface area contributed by atoms with Crippen molar-refractivity contribution in [1.82, 2.24) is 25.8 Å². The van der Waals surface area contributed by atoms with Crippen LogP contribution in [-0.2, 0) is 32.0 Å². The number of fused-ring (bicyclic) bond motifs is 10. The largest absolute Gasteiger partial charge is 0.487 e. The Morgan fingerprint density at radius 2 is 1.57 bits per heavy atom. The molecular weight excluding hydrogens is 618 g/mol. The number of nitrogens with zero attached hydrogens (tertiary/aromatic N) is 2. The van der Waals surface area contributed by atoms with Gasteiger partial charge >= 0.3 is 0 Å². The molecule has 49 heavy (non-hydrogen) atoms. The Kier molecular flexibility index (Phi) is 11.9. The highest BCUT2D eigenvalue weighted by Crippen LogP contribution is 2.24. The van der Waals surface area contributed by atoms with E-state index in [0.29, 0.717) is 31.6 Å². The molecule has 0 aromatic heterocycles. The highest BCUT2D eigenvalue weighted by atomic mass is 16.5. The highest BCUT2D eigenvalue weighted by Gasteiger charge is 2.42. The highest BCUT2D eigenvalue weighted by molar-refractivity contribution is 5.95. The number of carbonyl (C=O) groups is 4. The van der Waals surface area contributed by atoms with E-state index in [1.807, 2.05) is 106 Å². The third-order valence-electron chi connectivity index (χ3n) is 9.15. The fourth-order valence-corrected chi connectivity index (χ4v) is 6.41. The summed E-state index contributed by atoms with van der Waals surface area (Å²) in [5, 5.41) is 8.71. The van der Waals surface area contributed by atoms with Crippen LogP contribution >= 0.6 is 0 Å². The Morgan fingerprint density at radius 3 is 2.20 bits per heavy atom. The van der Waals surface area contributed by atoms with Gasteiger partial charge in [0.2, 0.25) is 23.6 Å². The molecule has 3 aliphatic heterocycles. The van der Waals surface area contributed by atoms with Crippen LogP contribution in [0.15, 0.2) is 91.1 Å². The molecule has 5 atom stereocenters. The second-order valence-electron chi connectivity index (χ2n) is 13.3. The zero-order valence-electron chi connectivity index (χ0n) is 28.7. The van der Waals surface area contributed by atoms with E-state index < -0.39 is 48.0 Å². The molecule has 0 radical (unpaired) electrons. The van der Waals surface area contributed by atoms with Crippen LogP contribution < -0.4 is 20.7 Å². The van der Waals surface area contributed by atoms with Gasteiger partial charge in [-0.3, -0.25) is 24.1 Å². The van der Waals surface area contributed by atoms with Gasteiger partial charge in [0.1, 0.15) is 30.0 Å². The van der Waals surface area contributed by atoms with Gasteiger partial charge in [0, 0.05) is 19.2 Å². The van der Waals surface area contributed by atoms with Gasteiger partial charge in [-0.05, 0) is 74.2 Å². The zero-order chi connectivity index (χ0) is 34.9. The van der Waals surface area contributed by atoms with Crippen LogP contribution in [-0.4, -0.2) is 84.3 Å². The molecule has 1 fully saturated rings. The molecule has 2 bridgehead atoms. The molecule has 3 heterocycles. The van der Waals surface area contributed by atoms with Crippen molar-refractivity contribution in [3.8, 4) is 5.75 Å². The lowest BCUT2D eigenvalue weighted by Crippen LogP contribution is -2.62. The lowest BCUT2D eigenvalue weighted by atomic mass is 9.96. The van der Waals surface area contributed by atoms with Crippen LogP contribution in [0.5, 0.6) is 5.75 Å². The molecule has 5 unspecified atom stereocenters. The molecule has 258 valence electrons. The normalized spacial score (nSPS) is 22.5. The minimum Gasteiger partial charge on any atom is -0.487 e. The van der Waals surface area contributed by atoms with Gasteiger partial charge in [0.05, 0.1) is 6.04 Å². The molecule has 3 aromatic rings. The topological polar surface area (TPSA) is 120 Å². The van der Waals surface area contributed by atoms with Gasteiger partial charge in [-0.2, -0.15) is 0 Å². The lowest BCUT2D eigenvalue weighted by Gasteiger charge is -2.35. The predicted molar refractivity (Wildman–Crippen MR) is 189 cm³/mol. The van der Waals surface area contributed by atoms with Crippen molar-refractivity contribution in [2.24, 2.45) is 5.92 Å². The Bertz CT molecular complexity index is 1610. The Hall–Kier alpha value is -4.96. The number of carbonyl (C=O) groups excluding carboxylic acids is 4. The first kappa shape index (κ1) is 35.3. The van der Waals surface area contributed by atoms with Crippen molar-refractivity contribution in [2.75, 3.05) is 20.6 Å². The summed E-state index contributed by atoms with van der Waals surface area (Å²) in [5.74, 6) is -1.18. The lowest BCUT2D eigenvalue weighted by molar-refractivity contribution is -0.143. The van der Waals surface area contributed by atoms with Gasteiger partial charge in [0.15, 0.2) is 0 Å². The molecular formula is C39H47N5O5. The number of rotatable bonds is 9. The van der Waals surface area contributed by atoms with Gasteiger partial charge in [0.25, 0.3) is 0 Å². The van der Waals surface area contributed by atoms with E-state index in [-0.39, 0.29) is 18.2 Å². The fourth-order valence-electron chi connectivity index (χ4n) is 6.41. The van der Waals surface area contributed by atoms with Crippen molar-refractivity contribution >= 4 is 29.7 Å². The summed E-state index contributed by atoms with van der Waals surface area (Å²) in [7, 11) is 3.73. The average Bonchev–Trinajstić information content (AvgIpc) is 3.59. The summed E-state index contributed by atoms with van der Waals surface area (Å²) in [5.41, 5.74) is 2.75. The van der Waals surface area contributed by atoms with Crippen LogP contribution in [0.1, 0.15) is 43.4 Å². The molecule has 4 amide bonds. The van der Waals surface area contributed by atoms with Crippen LogP contribution in [0.4, 0.5) is 0 Å². The quantitative estimate of drug-likeness (QED) is 0.322. The predicted octanol–water partition coefficient (Wildman–Crippen LogP) is 3.57. The van der Waals surface area contributed by atoms with Crippen molar-refractivity contribution in [3.63, 3.8) is 0 Å². The Labute approximate surface area is 288 Å². The van der Waals surface area contributed by atoms with E-state index in [0.717, 1.165) is 16.7 Å². The molecule has 3 aromatic carbocycles. The smallest absolute Gasteiger partial charge is 0.247 e. The van der Waals surface area contributed by atoms with Crippen LogP contribution in [0.25, 0.3) is 6.08 Å². The van der Waals surface area contributed by atoms with Crippen molar-refractivity contribution in [2.45, 2.75) is 69.8 Å². The van der Waals surface area contributed by atoms with Crippen LogP contribution in [0, 0.1) is 5.92 Å². The molecule has 6 rings (SSSR count). The minimum atomic E-state index is -1.16. The number of nitrogens with one attached hydrogen (secondary N) is 3. The summed E-state index contributed by atoms with van der Waals surface area (Å²) in [6.07, 6.45) is 4.41. The van der Waals surface area contributed by atoms with E-state index in [9.17, 15) is 19.2 Å². The van der Waals surface area contributed by atoms with Crippen molar-refractivity contribution < 1.29 is 23.9 Å². The van der Waals surface area contributed by atoms with Gasteiger partial charge in [-0.15, -0.1) is 0 Å². The average molecular weight is 666 g/mol. The van der Waals surface area contributed by atoms with Crippen LogP contribution in [0.3, 0.4) is 0 Å². The summed E-state index contributed by atoms with van der Waals surface area (Å²) >= 11 is 0. The number of likely N-dealkylation sites (tertiary alicyclic amines) is 1. The van der Waals surface area contributed by atoms with Gasteiger partial charge in [-0.25, -0.2) is 0 Å². The Balaban J connectivity index is 1.43. The van der Waals surface area contributed by atoms with E-state index in [4.69, 9.17) is 4.74 Å². The number of ether oxygens (including phenoxy) is 1. The number of hydrogen-bond acceptors (Lipinski definition) is 6. The molecule has 0 aliphatic carbocycles. The number of benzene rings is 3. The summed E-state index contributed by atoms with van der Waals surface area (Å²) in [6, 6.07) is 23.2. The third kappa shape index (κ3) is 9.14. The summed E-state index contributed by atoms with van der Waals surface area (Å²) < 4.78 is 6.42. The summed E-state index contributed by atoms with van der Waals surface area (Å²) in [6.45, 7) is 4.28. The van der Waals surface area contributed by atoms with Gasteiger partial charge < -0.3 is 25.6 Å². The standard InChI is InChI=1S/C39H47N5O5/c1-26(2)35-34(42-37(46)32-16-11-23-44(32)39(48)33(43(3)4)25-29-14-9-6-10-15-29)38(47)41-31(24-28-12-7-5-8-13-28)36(45)40-22-21-27-17-19-30(49-35)20-18-27/h5-10,12-15,17-22,26,31-35H,11,16,23-25H2,1-4H3,(H,40,45)(H,41,47)(H,42,46)/b22-21+. The third-order valence-corrected chi connectivity index (χ3v) is 9.15. The zero-order valence-corrected chi connectivity index (χ0v) is 28.7. The first-order valence-electron chi connectivity index (χ1n) is 17.0. The van der Waals surface area contributed by atoms with E-state index >= 15 is 0 Å². The first-order chi connectivity index (χ1) is 23.6. The maximum absolute atomic E-state index is 14.3. The molecule has 0 saturated carbocycles. The first-order valence-corrected chi connectivity index (χ1v) is 17.0. The van der Waals surface area contributed by atoms with Crippen molar-refractivity contribution in [3.05, 3.63) is 108 Å². The number of amides is 4. The fraction of sp³-hybridized carbons (Fsp3) is 0.385. The maximum Gasteiger partial charge on any atom is 0.247 e. The Morgan fingerprint density at radius 1 is 0.918 bits per heavy atom. The molecule has 3 aliphatic rings. The van der Waals surface area contributed by atoms with E-state index in [2.05, 4.69) is 16.0 Å².